The van der Waals surface area contributed by atoms with E-state index >= 15 is 0 Å². The number of carbonyl (C=O) groups excluding carboxylic acids is 2. The SMILES string of the molecule is O=C(CCN1C(=O)C(=CC=Cc2ccccc2)SC1=S)NNS(=O)(=O)c1ccccc1. The lowest BCUT2D eigenvalue weighted by molar-refractivity contribution is -0.124. The van der Waals surface area contributed by atoms with E-state index in [1.165, 1.54) is 17.0 Å². The van der Waals surface area contributed by atoms with Gasteiger partial charge in [-0.2, -0.15) is 0 Å². The minimum absolute atomic E-state index is 0.0286. The first-order valence-corrected chi connectivity index (χ1v) is 11.9. The van der Waals surface area contributed by atoms with Crippen LogP contribution in [0.1, 0.15) is 12.0 Å². The number of nitrogens with one attached hydrogen (secondary N) is 2. The maximum atomic E-state index is 12.5. The summed E-state index contributed by atoms with van der Waals surface area (Å²) >= 11 is 6.40. The molecule has 1 aliphatic rings. The first-order valence-electron chi connectivity index (χ1n) is 9.19. The normalized spacial score (nSPS) is 15.7. The molecule has 160 valence electrons. The van der Waals surface area contributed by atoms with Gasteiger partial charge in [-0.3, -0.25) is 19.9 Å². The Morgan fingerprint density at radius 1 is 1.06 bits per heavy atom. The predicted octanol–water partition coefficient (Wildman–Crippen LogP) is 2.84. The Kier molecular flexibility index (Phi) is 7.75. The highest BCUT2D eigenvalue weighted by Gasteiger charge is 2.31. The highest BCUT2D eigenvalue weighted by atomic mass is 32.2. The van der Waals surface area contributed by atoms with E-state index < -0.39 is 15.9 Å². The van der Waals surface area contributed by atoms with Crippen LogP contribution in [0.2, 0.25) is 0 Å². The highest BCUT2D eigenvalue weighted by Crippen LogP contribution is 2.31. The Balaban J connectivity index is 1.51. The molecule has 0 radical (unpaired) electrons. The summed E-state index contributed by atoms with van der Waals surface area (Å²) in [6, 6.07) is 17.3. The summed E-state index contributed by atoms with van der Waals surface area (Å²) in [6.07, 6.45) is 5.21. The van der Waals surface area contributed by atoms with Gasteiger partial charge in [-0.25, -0.2) is 8.42 Å². The van der Waals surface area contributed by atoms with E-state index in [1.54, 1.807) is 30.4 Å². The zero-order chi connectivity index (χ0) is 22.3. The van der Waals surface area contributed by atoms with Gasteiger partial charge in [0.1, 0.15) is 4.32 Å². The van der Waals surface area contributed by atoms with Gasteiger partial charge in [-0.1, -0.05) is 84.7 Å². The van der Waals surface area contributed by atoms with Crippen molar-refractivity contribution in [2.75, 3.05) is 6.54 Å². The molecule has 0 atom stereocenters. The largest absolute Gasteiger partial charge is 0.292 e. The third kappa shape index (κ3) is 6.34. The maximum absolute atomic E-state index is 12.5. The molecule has 1 aliphatic heterocycles. The van der Waals surface area contributed by atoms with Gasteiger partial charge in [0.2, 0.25) is 5.91 Å². The van der Waals surface area contributed by atoms with Crippen LogP contribution >= 0.6 is 24.0 Å². The minimum atomic E-state index is -3.87. The van der Waals surface area contributed by atoms with Gasteiger partial charge in [-0.15, -0.1) is 4.83 Å². The molecule has 0 spiro atoms. The molecule has 1 fully saturated rings. The fourth-order valence-corrected chi connectivity index (χ4v) is 4.72. The molecule has 3 rings (SSSR count). The molecule has 2 aromatic carbocycles. The zero-order valence-corrected chi connectivity index (χ0v) is 18.7. The Bertz CT molecular complexity index is 1130. The van der Waals surface area contributed by atoms with E-state index in [4.69, 9.17) is 12.2 Å². The Morgan fingerprint density at radius 2 is 1.71 bits per heavy atom. The number of hydrogen-bond donors (Lipinski definition) is 2. The average Bonchev–Trinajstić information content (AvgIpc) is 3.05. The predicted molar refractivity (Wildman–Crippen MR) is 125 cm³/mol. The van der Waals surface area contributed by atoms with Gasteiger partial charge in [0.05, 0.1) is 9.80 Å². The summed E-state index contributed by atoms with van der Waals surface area (Å²) in [5, 5.41) is 0. The molecule has 10 heteroatoms. The second-order valence-corrected chi connectivity index (χ2v) is 9.70. The maximum Gasteiger partial charge on any atom is 0.266 e. The second-order valence-electron chi connectivity index (χ2n) is 6.34. The number of amides is 2. The Labute approximate surface area is 190 Å². The van der Waals surface area contributed by atoms with Crippen LogP contribution in [0.15, 0.2) is 82.6 Å². The molecule has 1 heterocycles. The monoisotopic (exact) mass is 473 g/mol. The number of thiocarbonyl (C=S) groups is 1. The fraction of sp³-hybridized carbons (Fsp3) is 0.0952. The molecule has 0 bridgehead atoms. The van der Waals surface area contributed by atoms with Crippen LogP contribution in [-0.4, -0.2) is 36.0 Å². The molecule has 2 aromatic rings. The van der Waals surface area contributed by atoms with Crippen LogP contribution in [0.25, 0.3) is 6.08 Å². The number of hydrazine groups is 1. The average molecular weight is 474 g/mol. The van der Waals surface area contributed by atoms with Crippen molar-refractivity contribution in [1.29, 1.82) is 0 Å². The standard InChI is InChI=1S/C21H19N3O4S3/c25-19(22-23-31(27,28)17-11-5-2-6-12-17)14-15-24-20(26)18(30-21(24)29)13-7-10-16-8-3-1-4-9-16/h1-13,23H,14-15H2,(H,22,25). The van der Waals surface area contributed by atoms with Crippen LogP contribution < -0.4 is 10.3 Å². The number of hydrogen-bond acceptors (Lipinski definition) is 6. The molecule has 0 unspecified atom stereocenters. The van der Waals surface area contributed by atoms with Crippen molar-refractivity contribution in [3.63, 3.8) is 0 Å². The number of rotatable bonds is 8. The van der Waals surface area contributed by atoms with Crippen molar-refractivity contribution in [1.82, 2.24) is 15.2 Å². The van der Waals surface area contributed by atoms with Crippen molar-refractivity contribution in [3.8, 4) is 0 Å². The third-order valence-electron chi connectivity index (χ3n) is 4.15. The zero-order valence-electron chi connectivity index (χ0n) is 16.2. The van der Waals surface area contributed by atoms with Gasteiger partial charge in [-0.05, 0) is 23.8 Å². The van der Waals surface area contributed by atoms with E-state index in [9.17, 15) is 18.0 Å². The second kappa shape index (κ2) is 10.5. The van der Waals surface area contributed by atoms with E-state index in [2.05, 4.69) is 5.43 Å². The number of sulfonamides is 1. The van der Waals surface area contributed by atoms with Crippen LogP contribution in [0, 0.1) is 0 Å². The van der Waals surface area contributed by atoms with Gasteiger partial charge in [0.15, 0.2) is 0 Å². The van der Waals surface area contributed by atoms with Gasteiger partial charge >= 0.3 is 0 Å². The van der Waals surface area contributed by atoms with Crippen molar-refractivity contribution < 1.29 is 18.0 Å². The molecule has 31 heavy (non-hydrogen) atoms. The number of nitrogens with zero attached hydrogens (tertiary/aromatic N) is 1. The van der Waals surface area contributed by atoms with Crippen molar-refractivity contribution in [2.45, 2.75) is 11.3 Å². The Hall–Kier alpha value is -2.79. The Morgan fingerprint density at radius 3 is 2.39 bits per heavy atom. The van der Waals surface area contributed by atoms with Crippen molar-refractivity contribution >= 4 is 56.2 Å². The van der Waals surface area contributed by atoms with Crippen LogP contribution in [0.4, 0.5) is 0 Å². The minimum Gasteiger partial charge on any atom is -0.292 e. The number of benzene rings is 2. The van der Waals surface area contributed by atoms with E-state index in [-0.39, 0.29) is 23.8 Å². The summed E-state index contributed by atoms with van der Waals surface area (Å²) in [5.41, 5.74) is 3.15. The first-order chi connectivity index (χ1) is 14.9. The molecule has 0 aromatic heterocycles. The molecular weight excluding hydrogens is 454 g/mol. The smallest absolute Gasteiger partial charge is 0.266 e. The number of carbonyl (C=O) groups is 2. The quantitative estimate of drug-likeness (QED) is 0.348. The van der Waals surface area contributed by atoms with Gasteiger partial charge in [0, 0.05) is 13.0 Å². The summed E-state index contributed by atoms with van der Waals surface area (Å²) in [5.74, 6) is -0.869. The van der Waals surface area contributed by atoms with Gasteiger partial charge < -0.3 is 0 Å². The lowest BCUT2D eigenvalue weighted by Gasteiger charge is -2.14. The van der Waals surface area contributed by atoms with E-state index in [0.29, 0.717) is 9.23 Å². The first kappa shape index (κ1) is 22.9. The van der Waals surface area contributed by atoms with Crippen LogP contribution in [0.3, 0.4) is 0 Å². The fourth-order valence-electron chi connectivity index (χ4n) is 2.58. The lowest BCUT2D eigenvalue weighted by Crippen LogP contribution is -2.43. The summed E-state index contributed by atoms with van der Waals surface area (Å²) in [4.78, 5) is 28.4. The highest BCUT2D eigenvalue weighted by molar-refractivity contribution is 8.26. The molecule has 1 saturated heterocycles. The molecule has 2 amide bonds. The van der Waals surface area contributed by atoms with Crippen molar-refractivity contribution in [3.05, 3.63) is 83.3 Å². The molecule has 0 aliphatic carbocycles. The van der Waals surface area contributed by atoms with Crippen LogP contribution in [-0.2, 0) is 19.6 Å². The van der Waals surface area contributed by atoms with E-state index in [0.717, 1.165) is 17.3 Å². The molecule has 2 N–H and O–H groups in total. The summed E-state index contributed by atoms with van der Waals surface area (Å²) < 4.78 is 24.6. The summed E-state index contributed by atoms with van der Waals surface area (Å²) in [7, 11) is -3.87. The molecule has 0 saturated carbocycles. The van der Waals surface area contributed by atoms with E-state index in [1.807, 2.05) is 41.2 Å². The number of allylic oxidation sites excluding steroid dienone is 2. The number of thioether (sulfide) groups is 1. The molecular formula is C21H19N3O4S3. The molecule has 7 nitrogen and oxygen atoms in total. The topological polar surface area (TPSA) is 95.6 Å². The third-order valence-corrected chi connectivity index (χ3v) is 6.81. The van der Waals surface area contributed by atoms with Gasteiger partial charge in [0.25, 0.3) is 15.9 Å². The van der Waals surface area contributed by atoms with Crippen LogP contribution in [0.5, 0.6) is 0 Å². The van der Waals surface area contributed by atoms with Crippen molar-refractivity contribution in [2.24, 2.45) is 0 Å². The lowest BCUT2D eigenvalue weighted by atomic mass is 10.2. The summed E-state index contributed by atoms with van der Waals surface area (Å²) in [6.45, 7) is 0.0449.